The van der Waals surface area contributed by atoms with Crippen molar-refractivity contribution in [1.82, 2.24) is 20.0 Å². The van der Waals surface area contributed by atoms with Crippen LogP contribution in [-0.2, 0) is 6.54 Å². The van der Waals surface area contributed by atoms with Crippen LogP contribution in [0.4, 0.5) is 0 Å². The molecule has 1 aromatic carbocycles. The zero-order chi connectivity index (χ0) is 13.2. The predicted octanol–water partition coefficient (Wildman–Crippen LogP) is 3.33. The largest absolute Gasteiger partial charge is 0.256 e. The number of alkyl halides is 1. The van der Waals surface area contributed by atoms with E-state index in [0.717, 1.165) is 22.2 Å². The van der Waals surface area contributed by atoms with Crippen LogP contribution in [0.15, 0.2) is 42.7 Å². The molecule has 0 aliphatic rings. The van der Waals surface area contributed by atoms with Crippen LogP contribution in [0.25, 0.3) is 10.9 Å². The minimum absolute atomic E-state index is 0.215. The summed E-state index contributed by atoms with van der Waals surface area (Å²) in [4.78, 5) is 4.66. The highest BCUT2D eigenvalue weighted by molar-refractivity contribution is 9.09. The van der Waals surface area contributed by atoms with E-state index in [1.807, 2.05) is 36.1 Å². The van der Waals surface area contributed by atoms with Gasteiger partial charge in [-0.2, -0.15) is 0 Å². The van der Waals surface area contributed by atoms with Gasteiger partial charge in [0, 0.05) is 17.8 Å². The summed E-state index contributed by atoms with van der Waals surface area (Å²) in [6, 6.07) is 10.2. The Morgan fingerprint density at radius 1 is 1.26 bits per heavy atom. The van der Waals surface area contributed by atoms with Crippen LogP contribution >= 0.6 is 15.9 Å². The van der Waals surface area contributed by atoms with Gasteiger partial charge < -0.3 is 0 Å². The van der Waals surface area contributed by atoms with Crippen LogP contribution in [0, 0.1) is 0 Å². The summed E-state index contributed by atoms with van der Waals surface area (Å²) in [5.74, 6) is 0. The van der Waals surface area contributed by atoms with Gasteiger partial charge in [0.05, 0.1) is 22.6 Å². The molecular formula is C14H13BrN4. The van der Waals surface area contributed by atoms with Gasteiger partial charge >= 0.3 is 0 Å². The third-order valence-electron chi connectivity index (χ3n) is 3.01. The molecule has 5 heteroatoms. The average Bonchev–Trinajstić information content (AvgIpc) is 2.88. The second-order valence-corrected chi connectivity index (χ2v) is 5.82. The van der Waals surface area contributed by atoms with Crippen LogP contribution < -0.4 is 0 Å². The van der Waals surface area contributed by atoms with Gasteiger partial charge in [-0.05, 0) is 18.6 Å². The predicted molar refractivity (Wildman–Crippen MR) is 78.2 cm³/mol. The molecule has 0 spiro atoms. The maximum atomic E-state index is 4.45. The first-order valence-corrected chi connectivity index (χ1v) is 7.02. The second-order valence-electron chi connectivity index (χ2n) is 4.45. The Hall–Kier alpha value is -1.75. The molecule has 0 amide bonds. The topological polar surface area (TPSA) is 43.6 Å². The summed E-state index contributed by atoms with van der Waals surface area (Å²) in [5, 5.41) is 9.43. The summed E-state index contributed by atoms with van der Waals surface area (Å²) in [7, 11) is 0. The molecule has 0 saturated carbocycles. The number of nitrogens with zero attached hydrogens (tertiary/aromatic N) is 4. The Bertz CT molecular complexity index is 700. The molecule has 0 saturated heterocycles. The van der Waals surface area contributed by atoms with E-state index in [-0.39, 0.29) is 4.83 Å². The zero-order valence-corrected chi connectivity index (χ0v) is 12.1. The molecule has 96 valence electrons. The molecule has 3 aromatic rings. The lowest BCUT2D eigenvalue weighted by atomic mass is 10.1. The number of hydrogen-bond donors (Lipinski definition) is 0. The molecule has 1 atom stereocenters. The van der Waals surface area contributed by atoms with Crippen molar-refractivity contribution in [2.45, 2.75) is 18.3 Å². The number of rotatable bonds is 3. The lowest BCUT2D eigenvalue weighted by Gasteiger charge is -2.05. The first kappa shape index (κ1) is 12.3. The van der Waals surface area contributed by atoms with Gasteiger partial charge in [0.2, 0.25) is 0 Å². The van der Waals surface area contributed by atoms with Crippen molar-refractivity contribution in [2.24, 2.45) is 0 Å². The number of pyridine rings is 1. The van der Waals surface area contributed by atoms with Crippen LogP contribution in [0.5, 0.6) is 0 Å². The van der Waals surface area contributed by atoms with Crippen molar-refractivity contribution in [3.63, 3.8) is 0 Å². The number of fused-ring (bicyclic) bond motifs is 1. The summed E-state index contributed by atoms with van der Waals surface area (Å²) in [5.41, 5.74) is 3.11. The molecule has 4 nitrogen and oxygen atoms in total. The van der Waals surface area contributed by atoms with Crippen molar-refractivity contribution in [1.29, 1.82) is 0 Å². The van der Waals surface area contributed by atoms with E-state index in [1.54, 1.807) is 0 Å². The minimum atomic E-state index is 0.215. The zero-order valence-electron chi connectivity index (χ0n) is 10.5. The van der Waals surface area contributed by atoms with Gasteiger partial charge in [0.15, 0.2) is 0 Å². The van der Waals surface area contributed by atoms with Crippen LogP contribution in [0.2, 0.25) is 0 Å². The van der Waals surface area contributed by atoms with Gasteiger partial charge in [-0.1, -0.05) is 45.4 Å². The highest BCUT2D eigenvalue weighted by Crippen LogP contribution is 2.20. The van der Waals surface area contributed by atoms with Gasteiger partial charge in [0.1, 0.15) is 0 Å². The standard InChI is InChI=1S/C14H13BrN4/c1-10(15)13-9-19(18-17-13)8-12-5-2-4-11-6-3-7-16-14(11)12/h2-7,9-10H,8H2,1H3. The smallest absolute Gasteiger partial charge is 0.0960 e. The average molecular weight is 317 g/mol. The molecule has 2 aromatic heterocycles. The normalized spacial score (nSPS) is 12.7. The van der Waals surface area contributed by atoms with E-state index in [4.69, 9.17) is 0 Å². The van der Waals surface area contributed by atoms with Crippen molar-refractivity contribution < 1.29 is 0 Å². The molecule has 0 aliphatic carbocycles. The summed E-state index contributed by atoms with van der Waals surface area (Å²) < 4.78 is 1.84. The van der Waals surface area contributed by atoms with Crippen LogP contribution in [-0.4, -0.2) is 20.0 Å². The lowest BCUT2D eigenvalue weighted by molar-refractivity contribution is 0.651. The van der Waals surface area contributed by atoms with E-state index < -0.39 is 0 Å². The van der Waals surface area contributed by atoms with E-state index >= 15 is 0 Å². The molecule has 0 bridgehead atoms. The van der Waals surface area contributed by atoms with E-state index in [9.17, 15) is 0 Å². The van der Waals surface area contributed by atoms with Crippen LogP contribution in [0.3, 0.4) is 0 Å². The second kappa shape index (κ2) is 5.09. The van der Waals surface area contributed by atoms with Gasteiger partial charge in [-0.3, -0.25) is 4.98 Å². The third-order valence-corrected chi connectivity index (χ3v) is 3.48. The van der Waals surface area contributed by atoms with E-state index in [0.29, 0.717) is 6.54 Å². The van der Waals surface area contributed by atoms with Crippen LogP contribution in [0.1, 0.15) is 23.0 Å². The Balaban J connectivity index is 1.96. The maximum Gasteiger partial charge on any atom is 0.0960 e. The third kappa shape index (κ3) is 2.51. The Morgan fingerprint density at radius 2 is 2.11 bits per heavy atom. The molecule has 0 aliphatic heterocycles. The highest BCUT2D eigenvalue weighted by Gasteiger charge is 2.08. The fourth-order valence-corrected chi connectivity index (χ4v) is 2.25. The summed E-state index contributed by atoms with van der Waals surface area (Å²) >= 11 is 3.49. The molecule has 3 rings (SSSR count). The molecule has 1 unspecified atom stereocenters. The maximum absolute atomic E-state index is 4.45. The van der Waals surface area contributed by atoms with Gasteiger partial charge in [-0.15, -0.1) is 5.10 Å². The SMILES string of the molecule is CC(Br)c1cn(Cc2cccc3cccnc23)nn1. The summed E-state index contributed by atoms with van der Waals surface area (Å²) in [6.45, 7) is 2.72. The summed E-state index contributed by atoms with van der Waals surface area (Å²) in [6.07, 6.45) is 3.78. The molecule has 2 heterocycles. The first-order chi connectivity index (χ1) is 9.24. The Morgan fingerprint density at radius 3 is 2.89 bits per heavy atom. The van der Waals surface area contributed by atoms with E-state index in [1.165, 1.54) is 0 Å². The fraction of sp³-hybridized carbons (Fsp3) is 0.214. The quantitative estimate of drug-likeness (QED) is 0.696. The Labute approximate surface area is 119 Å². The minimum Gasteiger partial charge on any atom is -0.256 e. The highest BCUT2D eigenvalue weighted by atomic mass is 79.9. The molecular weight excluding hydrogens is 304 g/mol. The molecule has 0 radical (unpaired) electrons. The van der Waals surface area contributed by atoms with Crippen molar-refractivity contribution >= 4 is 26.8 Å². The molecule has 0 N–H and O–H groups in total. The van der Waals surface area contributed by atoms with Crippen molar-refractivity contribution in [2.75, 3.05) is 0 Å². The number of hydrogen-bond acceptors (Lipinski definition) is 3. The number of benzene rings is 1. The van der Waals surface area contributed by atoms with Crippen molar-refractivity contribution in [3.05, 3.63) is 54.0 Å². The van der Waals surface area contributed by atoms with E-state index in [2.05, 4.69) is 49.4 Å². The first-order valence-electron chi connectivity index (χ1n) is 6.11. The van der Waals surface area contributed by atoms with Gasteiger partial charge in [-0.25, -0.2) is 4.68 Å². The monoisotopic (exact) mass is 316 g/mol. The number of aromatic nitrogens is 4. The molecule has 0 fully saturated rings. The molecule has 19 heavy (non-hydrogen) atoms. The Kier molecular flexibility index (Phi) is 3.29. The fourth-order valence-electron chi connectivity index (χ4n) is 2.04. The van der Waals surface area contributed by atoms with Gasteiger partial charge in [0.25, 0.3) is 0 Å². The number of para-hydroxylation sites is 1. The number of halogens is 1. The van der Waals surface area contributed by atoms with Crippen molar-refractivity contribution in [3.8, 4) is 0 Å². The lowest BCUT2D eigenvalue weighted by Crippen LogP contribution is -2.01.